The van der Waals surface area contributed by atoms with Crippen LogP contribution in [0.5, 0.6) is 0 Å². The number of ketones is 2. The van der Waals surface area contributed by atoms with Gasteiger partial charge in [-0.05, 0) is 13.8 Å². The van der Waals surface area contributed by atoms with E-state index in [4.69, 9.17) is 11.6 Å². The van der Waals surface area contributed by atoms with Crippen LogP contribution in [0.2, 0.25) is 0 Å². The fourth-order valence-corrected chi connectivity index (χ4v) is 0.891. The number of carbonyl (C=O) groups is 2. The molecule has 0 aromatic carbocycles. The first-order valence-corrected chi connectivity index (χ1v) is 3.18. The highest BCUT2D eigenvalue weighted by Crippen LogP contribution is 2.41. The minimum absolute atomic E-state index is 0.329. The minimum atomic E-state index is -0.846. The van der Waals surface area contributed by atoms with Gasteiger partial charge in [-0.1, -0.05) is 0 Å². The molecule has 1 atom stereocenters. The number of hydrogen-bond donors (Lipinski definition) is 0. The van der Waals surface area contributed by atoms with Gasteiger partial charge in [0.25, 0.3) is 0 Å². The topological polar surface area (TPSA) is 34.1 Å². The van der Waals surface area contributed by atoms with Crippen molar-refractivity contribution in [2.75, 3.05) is 0 Å². The van der Waals surface area contributed by atoms with Crippen molar-refractivity contribution in [3.05, 3.63) is 0 Å². The molecule has 1 unspecified atom stereocenters. The van der Waals surface area contributed by atoms with Crippen molar-refractivity contribution in [1.82, 2.24) is 0 Å². The molecule has 2 nitrogen and oxygen atoms in total. The second-order valence-corrected chi connectivity index (χ2v) is 3.13. The first kappa shape index (κ1) is 6.75. The second-order valence-electron chi connectivity index (χ2n) is 2.48. The Morgan fingerprint density at radius 3 is 1.78 bits per heavy atom. The molecular weight excluding hydrogens is 140 g/mol. The van der Waals surface area contributed by atoms with Gasteiger partial charge in [-0.3, -0.25) is 9.59 Å². The lowest BCUT2D eigenvalue weighted by atomic mass is 10.1. The predicted molar refractivity (Wildman–Crippen MR) is 33.4 cm³/mol. The lowest BCUT2D eigenvalue weighted by Gasteiger charge is -2.02. The van der Waals surface area contributed by atoms with Gasteiger partial charge in [0.15, 0.2) is 0 Å². The van der Waals surface area contributed by atoms with E-state index in [1.54, 1.807) is 13.8 Å². The summed E-state index contributed by atoms with van der Waals surface area (Å²) < 4.78 is 0. The molecule has 1 saturated carbocycles. The summed E-state index contributed by atoms with van der Waals surface area (Å²) >= 11 is 5.56. The summed E-state index contributed by atoms with van der Waals surface area (Å²) in [5, 5.41) is -0.363. The summed E-state index contributed by atoms with van der Waals surface area (Å²) in [6.45, 7) is 3.24. The summed E-state index contributed by atoms with van der Waals surface area (Å²) in [6, 6.07) is 0. The Morgan fingerprint density at radius 1 is 1.44 bits per heavy atom. The zero-order valence-corrected chi connectivity index (χ0v) is 6.03. The lowest BCUT2D eigenvalue weighted by Crippen LogP contribution is -2.11. The third kappa shape index (κ3) is 0.628. The standard InChI is InChI=1S/C6H7ClO2/c1-3(7)6(2)4(8)5(6)9/h3H,1-2H3. The molecule has 0 aliphatic heterocycles. The van der Waals surface area contributed by atoms with Crippen molar-refractivity contribution in [3.63, 3.8) is 0 Å². The van der Waals surface area contributed by atoms with Crippen LogP contribution >= 0.6 is 11.6 Å². The Kier molecular flexibility index (Phi) is 1.17. The molecule has 1 fully saturated rings. The average molecular weight is 147 g/mol. The van der Waals surface area contributed by atoms with Crippen LogP contribution in [-0.4, -0.2) is 16.9 Å². The van der Waals surface area contributed by atoms with Gasteiger partial charge < -0.3 is 0 Å². The monoisotopic (exact) mass is 146 g/mol. The maximum Gasteiger partial charge on any atom is 0.214 e. The van der Waals surface area contributed by atoms with Crippen molar-refractivity contribution in [2.24, 2.45) is 5.41 Å². The van der Waals surface area contributed by atoms with Crippen LogP contribution in [0.15, 0.2) is 0 Å². The van der Waals surface area contributed by atoms with Crippen LogP contribution in [0.25, 0.3) is 0 Å². The number of hydrogen-bond acceptors (Lipinski definition) is 2. The molecule has 0 bridgehead atoms. The summed E-state index contributed by atoms with van der Waals surface area (Å²) in [5.74, 6) is -0.657. The van der Waals surface area contributed by atoms with E-state index in [1.165, 1.54) is 0 Å². The SMILES string of the molecule is CC(Cl)C1(C)C(=O)C1=O. The van der Waals surface area contributed by atoms with Gasteiger partial charge in [0.1, 0.15) is 5.41 Å². The van der Waals surface area contributed by atoms with E-state index in [-0.39, 0.29) is 16.9 Å². The molecule has 3 heteroatoms. The van der Waals surface area contributed by atoms with Gasteiger partial charge in [-0.25, -0.2) is 0 Å². The predicted octanol–water partition coefficient (Wildman–Crippen LogP) is 0.772. The molecular formula is C6H7ClO2. The molecule has 50 valence electrons. The molecule has 0 N–H and O–H groups in total. The van der Waals surface area contributed by atoms with E-state index >= 15 is 0 Å². The normalized spacial score (nSPS) is 26.1. The lowest BCUT2D eigenvalue weighted by molar-refractivity contribution is -0.122. The smallest absolute Gasteiger partial charge is 0.214 e. The summed E-state index contributed by atoms with van der Waals surface area (Å²) in [4.78, 5) is 21.1. The van der Waals surface area contributed by atoms with Gasteiger partial charge in [0.05, 0.1) is 5.38 Å². The fourth-order valence-electron chi connectivity index (χ4n) is 0.693. The van der Waals surface area contributed by atoms with E-state index in [0.29, 0.717) is 0 Å². The van der Waals surface area contributed by atoms with Crippen molar-refractivity contribution in [2.45, 2.75) is 19.2 Å². The molecule has 0 amide bonds. The fraction of sp³-hybridized carbons (Fsp3) is 0.667. The van der Waals surface area contributed by atoms with Gasteiger partial charge >= 0.3 is 0 Å². The number of alkyl halides is 1. The zero-order valence-electron chi connectivity index (χ0n) is 5.27. The van der Waals surface area contributed by atoms with Crippen molar-refractivity contribution >= 4 is 23.2 Å². The van der Waals surface area contributed by atoms with Crippen molar-refractivity contribution < 1.29 is 9.59 Å². The molecule has 0 heterocycles. The highest BCUT2D eigenvalue weighted by Gasteiger charge is 2.64. The minimum Gasteiger partial charge on any atom is -0.290 e. The van der Waals surface area contributed by atoms with Gasteiger partial charge in [-0.15, -0.1) is 11.6 Å². The van der Waals surface area contributed by atoms with Crippen LogP contribution in [-0.2, 0) is 9.59 Å². The maximum absolute atomic E-state index is 10.5. The van der Waals surface area contributed by atoms with Gasteiger partial charge in [-0.2, -0.15) is 0 Å². The van der Waals surface area contributed by atoms with E-state index < -0.39 is 5.41 Å². The molecule has 0 aromatic heterocycles. The highest BCUT2D eigenvalue weighted by atomic mass is 35.5. The Morgan fingerprint density at radius 2 is 1.78 bits per heavy atom. The number of rotatable bonds is 1. The number of halogens is 1. The van der Waals surface area contributed by atoms with Gasteiger partial charge in [0.2, 0.25) is 11.6 Å². The van der Waals surface area contributed by atoms with E-state index in [2.05, 4.69) is 0 Å². The van der Waals surface area contributed by atoms with Crippen LogP contribution in [0.3, 0.4) is 0 Å². The Labute approximate surface area is 58.2 Å². The van der Waals surface area contributed by atoms with E-state index in [0.717, 1.165) is 0 Å². The first-order chi connectivity index (χ1) is 4.01. The second kappa shape index (κ2) is 1.57. The van der Waals surface area contributed by atoms with E-state index in [1.807, 2.05) is 0 Å². The van der Waals surface area contributed by atoms with E-state index in [9.17, 15) is 9.59 Å². The average Bonchev–Trinajstić information content (AvgIpc) is 2.22. The van der Waals surface area contributed by atoms with Crippen LogP contribution in [0.1, 0.15) is 13.8 Å². The van der Waals surface area contributed by atoms with Crippen molar-refractivity contribution in [3.8, 4) is 0 Å². The third-order valence-corrected chi connectivity index (χ3v) is 2.32. The van der Waals surface area contributed by atoms with Crippen LogP contribution in [0, 0.1) is 5.41 Å². The molecule has 0 aromatic rings. The molecule has 1 aliphatic carbocycles. The summed E-state index contributed by atoms with van der Waals surface area (Å²) in [5.41, 5.74) is -0.846. The third-order valence-electron chi connectivity index (χ3n) is 1.88. The van der Waals surface area contributed by atoms with Crippen LogP contribution in [0.4, 0.5) is 0 Å². The zero-order chi connectivity index (χ0) is 7.23. The van der Waals surface area contributed by atoms with Crippen molar-refractivity contribution in [1.29, 1.82) is 0 Å². The molecule has 1 aliphatic rings. The maximum atomic E-state index is 10.5. The molecule has 1 rings (SSSR count). The Bertz CT molecular complexity index is 169. The quantitative estimate of drug-likeness (QED) is 0.311. The number of Topliss-reactive ketones (excluding diaryl/α,β-unsaturated/α-hetero) is 2. The highest BCUT2D eigenvalue weighted by molar-refractivity contribution is 6.65. The molecule has 9 heavy (non-hydrogen) atoms. The molecule has 0 saturated heterocycles. The van der Waals surface area contributed by atoms with Gasteiger partial charge in [0, 0.05) is 0 Å². The molecule has 0 radical (unpaired) electrons. The number of carbonyl (C=O) groups excluding carboxylic acids is 2. The van der Waals surface area contributed by atoms with Crippen LogP contribution < -0.4 is 0 Å². The first-order valence-electron chi connectivity index (χ1n) is 2.74. The Hall–Kier alpha value is -0.370. The largest absolute Gasteiger partial charge is 0.290 e. The molecule has 0 spiro atoms. The summed E-state index contributed by atoms with van der Waals surface area (Å²) in [6.07, 6.45) is 0. The summed E-state index contributed by atoms with van der Waals surface area (Å²) in [7, 11) is 0. The Balaban J connectivity index is 2.83.